The molecule has 0 N–H and O–H groups in total. The van der Waals surface area contributed by atoms with Crippen LogP contribution in [0, 0.1) is 23.0 Å². The van der Waals surface area contributed by atoms with Gasteiger partial charge in [0.1, 0.15) is 17.4 Å². The molecule has 1 heterocycles. The minimum Gasteiger partial charge on any atom is -0.441 e. The molecule has 5 nitrogen and oxygen atoms in total. The summed E-state index contributed by atoms with van der Waals surface area (Å²) in [5.41, 5.74) is 2.55. The molecule has 0 aliphatic rings. The maximum atomic E-state index is 13.9. The molecule has 3 aromatic carbocycles. The second kappa shape index (κ2) is 9.23. The van der Waals surface area contributed by atoms with Crippen molar-refractivity contribution in [3.8, 4) is 34.3 Å². The molecular weight excluding hydrogens is 414 g/mol. The Morgan fingerprint density at radius 3 is 2.34 bits per heavy atom. The standard InChI is InChI=1S/C25H16F2N2O3/c26-19-7-10-21(22(27)13-19)23-15-29-24(32-23)11-12-25(30)31-20-8-5-18(6-9-20)17-3-1-16(14-28)2-4-17/h1-10,13,15H,11-12H2. The van der Waals surface area contributed by atoms with Gasteiger partial charge < -0.3 is 9.15 Å². The van der Waals surface area contributed by atoms with Crippen molar-refractivity contribution in [3.63, 3.8) is 0 Å². The fourth-order valence-electron chi connectivity index (χ4n) is 3.08. The Balaban J connectivity index is 1.33. The van der Waals surface area contributed by atoms with Crippen molar-refractivity contribution in [2.75, 3.05) is 0 Å². The van der Waals surface area contributed by atoms with Crippen LogP contribution < -0.4 is 4.74 Å². The maximum Gasteiger partial charge on any atom is 0.311 e. The van der Waals surface area contributed by atoms with Gasteiger partial charge in [-0.2, -0.15) is 5.26 Å². The molecule has 158 valence electrons. The van der Waals surface area contributed by atoms with Gasteiger partial charge in [-0.3, -0.25) is 4.79 Å². The zero-order valence-electron chi connectivity index (χ0n) is 16.7. The van der Waals surface area contributed by atoms with Crippen molar-refractivity contribution >= 4 is 5.97 Å². The van der Waals surface area contributed by atoms with Gasteiger partial charge in [-0.25, -0.2) is 13.8 Å². The fraction of sp³-hybridized carbons (Fsp3) is 0.0800. The lowest BCUT2D eigenvalue weighted by Crippen LogP contribution is -2.09. The first-order chi connectivity index (χ1) is 15.5. The lowest BCUT2D eigenvalue weighted by molar-refractivity contribution is -0.134. The smallest absolute Gasteiger partial charge is 0.311 e. The van der Waals surface area contributed by atoms with Gasteiger partial charge in [0, 0.05) is 12.5 Å². The Hall–Kier alpha value is -4.31. The van der Waals surface area contributed by atoms with Crippen LogP contribution in [0.3, 0.4) is 0 Å². The number of hydrogen-bond donors (Lipinski definition) is 0. The molecule has 0 aliphatic heterocycles. The lowest BCUT2D eigenvalue weighted by Gasteiger charge is -2.06. The normalized spacial score (nSPS) is 10.5. The molecule has 4 aromatic rings. The van der Waals surface area contributed by atoms with Crippen LogP contribution >= 0.6 is 0 Å². The number of rotatable bonds is 6. The van der Waals surface area contributed by atoms with Gasteiger partial charge in [-0.05, 0) is 47.5 Å². The van der Waals surface area contributed by atoms with Crippen LogP contribution in [0.2, 0.25) is 0 Å². The molecule has 0 unspecified atom stereocenters. The lowest BCUT2D eigenvalue weighted by atomic mass is 10.0. The Kier molecular flexibility index (Phi) is 6.04. The first kappa shape index (κ1) is 20.9. The van der Waals surface area contributed by atoms with Crippen molar-refractivity contribution in [1.29, 1.82) is 5.26 Å². The van der Waals surface area contributed by atoms with E-state index in [1.165, 1.54) is 12.3 Å². The molecule has 0 aliphatic carbocycles. The summed E-state index contributed by atoms with van der Waals surface area (Å²) in [5, 5.41) is 8.87. The molecule has 0 bridgehead atoms. The van der Waals surface area contributed by atoms with Crippen LogP contribution in [0.5, 0.6) is 5.75 Å². The van der Waals surface area contributed by atoms with Crippen molar-refractivity contribution in [2.45, 2.75) is 12.8 Å². The number of nitriles is 1. The number of oxazole rings is 1. The van der Waals surface area contributed by atoms with E-state index in [0.717, 1.165) is 23.3 Å². The third kappa shape index (κ3) is 4.87. The second-order valence-electron chi connectivity index (χ2n) is 6.93. The summed E-state index contributed by atoms with van der Waals surface area (Å²) in [6.07, 6.45) is 1.52. The fourth-order valence-corrected chi connectivity index (χ4v) is 3.08. The van der Waals surface area contributed by atoms with Crippen molar-refractivity contribution in [1.82, 2.24) is 4.98 Å². The van der Waals surface area contributed by atoms with Gasteiger partial charge >= 0.3 is 5.97 Å². The van der Waals surface area contributed by atoms with E-state index in [4.69, 9.17) is 14.4 Å². The molecule has 0 fully saturated rings. The average Bonchev–Trinajstić information content (AvgIpc) is 3.27. The highest BCUT2D eigenvalue weighted by Crippen LogP contribution is 2.25. The maximum absolute atomic E-state index is 13.9. The van der Waals surface area contributed by atoms with Crippen LogP contribution in [0.25, 0.3) is 22.5 Å². The predicted molar refractivity (Wildman–Crippen MR) is 112 cm³/mol. The minimum absolute atomic E-state index is 0.0171. The molecule has 0 saturated carbocycles. The van der Waals surface area contributed by atoms with E-state index in [0.29, 0.717) is 11.3 Å². The van der Waals surface area contributed by atoms with E-state index in [9.17, 15) is 13.6 Å². The summed E-state index contributed by atoms with van der Waals surface area (Å²) in [6.45, 7) is 0. The Morgan fingerprint density at radius 2 is 1.69 bits per heavy atom. The summed E-state index contributed by atoms with van der Waals surface area (Å²) in [4.78, 5) is 16.2. The molecule has 0 spiro atoms. The van der Waals surface area contributed by atoms with Crippen LogP contribution in [0.4, 0.5) is 8.78 Å². The highest BCUT2D eigenvalue weighted by atomic mass is 19.1. The van der Waals surface area contributed by atoms with Crippen molar-refractivity contribution in [3.05, 3.63) is 96.0 Å². The molecule has 0 radical (unpaired) electrons. The number of nitrogens with zero attached hydrogens (tertiary/aromatic N) is 2. The first-order valence-electron chi connectivity index (χ1n) is 9.73. The summed E-state index contributed by atoms with van der Waals surface area (Å²) in [7, 11) is 0. The highest BCUT2D eigenvalue weighted by Gasteiger charge is 2.14. The topological polar surface area (TPSA) is 76.1 Å². The quantitative estimate of drug-likeness (QED) is 0.290. The average molecular weight is 430 g/mol. The molecule has 0 atom stereocenters. The number of benzene rings is 3. The third-order valence-electron chi connectivity index (χ3n) is 4.73. The molecule has 0 amide bonds. The van der Waals surface area contributed by atoms with Crippen molar-refractivity contribution < 1.29 is 22.7 Å². The Morgan fingerprint density at radius 1 is 1.00 bits per heavy atom. The minimum atomic E-state index is -0.753. The van der Waals surface area contributed by atoms with Gasteiger partial charge in [0.2, 0.25) is 0 Å². The van der Waals surface area contributed by atoms with Gasteiger partial charge in [0.05, 0.1) is 29.8 Å². The Labute approximate surface area is 182 Å². The molecular formula is C25H16F2N2O3. The van der Waals surface area contributed by atoms with Gasteiger partial charge in [0.25, 0.3) is 0 Å². The number of hydrogen-bond acceptors (Lipinski definition) is 5. The first-order valence-corrected chi connectivity index (χ1v) is 9.73. The number of carbonyl (C=O) groups excluding carboxylic acids is 1. The molecule has 1 aromatic heterocycles. The van der Waals surface area contributed by atoms with E-state index in [1.807, 2.05) is 24.3 Å². The molecule has 4 rings (SSSR count). The monoisotopic (exact) mass is 430 g/mol. The molecule has 0 saturated heterocycles. The summed E-state index contributed by atoms with van der Waals surface area (Å²) < 4.78 is 37.7. The number of carbonyl (C=O) groups is 1. The number of ether oxygens (including phenoxy) is 1. The van der Waals surface area contributed by atoms with E-state index in [-0.39, 0.29) is 30.1 Å². The number of aryl methyl sites for hydroxylation is 1. The van der Waals surface area contributed by atoms with Crippen LogP contribution in [0.15, 0.2) is 77.3 Å². The second-order valence-corrected chi connectivity index (χ2v) is 6.93. The highest BCUT2D eigenvalue weighted by molar-refractivity contribution is 5.73. The SMILES string of the molecule is N#Cc1ccc(-c2ccc(OC(=O)CCc3ncc(-c4ccc(F)cc4F)o3)cc2)cc1. The third-order valence-corrected chi connectivity index (χ3v) is 4.73. The van der Waals surface area contributed by atoms with Crippen LogP contribution in [-0.4, -0.2) is 11.0 Å². The number of halogens is 2. The van der Waals surface area contributed by atoms with Crippen molar-refractivity contribution in [2.24, 2.45) is 0 Å². The summed E-state index contributed by atoms with van der Waals surface area (Å²) >= 11 is 0. The van der Waals surface area contributed by atoms with Crippen LogP contribution in [-0.2, 0) is 11.2 Å². The van der Waals surface area contributed by atoms with Gasteiger partial charge in [-0.1, -0.05) is 24.3 Å². The van der Waals surface area contributed by atoms with Crippen LogP contribution in [0.1, 0.15) is 17.9 Å². The molecule has 7 heteroatoms. The zero-order chi connectivity index (χ0) is 22.5. The Bertz CT molecular complexity index is 1290. The number of esters is 1. The number of aromatic nitrogens is 1. The summed E-state index contributed by atoms with van der Waals surface area (Å²) in [6, 6.07) is 19.4. The van der Waals surface area contributed by atoms with E-state index in [1.54, 1.807) is 24.3 Å². The predicted octanol–water partition coefficient (Wildman–Crippen LogP) is 5.70. The van der Waals surface area contributed by atoms with E-state index >= 15 is 0 Å². The van der Waals surface area contributed by atoms with Gasteiger partial charge in [0.15, 0.2) is 11.7 Å². The zero-order valence-corrected chi connectivity index (χ0v) is 16.7. The van der Waals surface area contributed by atoms with Gasteiger partial charge in [-0.15, -0.1) is 0 Å². The largest absolute Gasteiger partial charge is 0.441 e. The van der Waals surface area contributed by atoms with E-state index < -0.39 is 17.6 Å². The molecule has 32 heavy (non-hydrogen) atoms. The van der Waals surface area contributed by atoms with E-state index in [2.05, 4.69) is 11.1 Å². The summed E-state index contributed by atoms with van der Waals surface area (Å²) in [5.74, 6) is -1.10.